The minimum atomic E-state index is -3.07. The Morgan fingerprint density at radius 2 is 1.80 bits per heavy atom. The van der Waals surface area contributed by atoms with Crippen LogP contribution in [0.25, 0.3) is 0 Å². The molecule has 0 amide bonds. The molecule has 2 heterocycles. The summed E-state index contributed by atoms with van der Waals surface area (Å²) in [6, 6.07) is 8.54. The fraction of sp³-hybridized carbons (Fsp3) is 0.682. The third-order valence-corrected chi connectivity index (χ3v) is 8.61. The van der Waals surface area contributed by atoms with Crippen LogP contribution in [0.2, 0.25) is 0 Å². The molecule has 7 nitrogen and oxygen atoms in total. The molecule has 1 aromatic carbocycles. The van der Waals surface area contributed by atoms with Crippen LogP contribution in [0, 0.1) is 0 Å². The van der Waals surface area contributed by atoms with E-state index in [4.69, 9.17) is 4.99 Å². The number of hydrogen-bond donors (Lipinski definition) is 2. The van der Waals surface area contributed by atoms with Crippen molar-refractivity contribution < 1.29 is 13.5 Å². The molecule has 0 bridgehead atoms. The average molecular weight is 437 g/mol. The predicted molar refractivity (Wildman–Crippen MR) is 121 cm³/mol. The highest BCUT2D eigenvalue weighted by molar-refractivity contribution is 7.92. The molecule has 0 aliphatic carbocycles. The molecule has 2 aliphatic heterocycles. The highest BCUT2D eigenvalue weighted by Crippen LogP contribution is 2.24. The van der Waals surface area contributed by atoms with Crippen molar-refractivity contribution in [1.82, 2.24) is 15.1 Å². The third-order valence-electron chi connectivity index (χ3n) is 6.08. The number of aliphatic hydroxyl groups is 1. The molecule has 1 aromatic rings. The van der Waals surface area contributed by atoms with Crippen molar-refractivity contribution in [2.75, 3.05) is 38.5 Å². The van der Waals surface area contributed by atoms with Gasteiger partial charge in [0, 0.05) is 39.3 Å². The Hall–Kier alpha value is -1.64. The van der Waals surface area contributed by atoms with E-state index in [9.17, 15) is 13.5 Å². The first-order chi connectivity index (χ1) is 14.2. The smallest absolute Gasteiger partial charge is 0.194 e. The summed E-state index contributed by atoms with van der Waals surface area (Å²) >= 11 is 0. The lowest BCUT2D eigenvalue weighted by Gasteiger charge is -2.39. The maximum atomic E-state index is 12.3. The Bertz CT molecular complexity index is 828. The maximum absolute atomic E-state index is 12.3. The number of hydrogen-bond acceptors (Lipinski definition) is 5. The highest BCUT2D eigenvalue weighted by Gasteiger charge is 2.40. The Morgan fingerprint density at radius 3 is 2.40 bits per heavy atom. The number of nitrogens with one attached hydrogen (secondary N) is 1. The van der Waals surface area contributed by atoms with Gasteiger partial charge in [0.2, 0.25) is 0 Å². The standard InChI is InChI=1S/C22H36N4O3S/c1-4-23-21(26-13-14-30(28,29)22(2,3)17-26)24-15-18-5-7-19(8-6-18)16-25-11-9-20(27)10-12-25/h5-8,20,27H,4,9-17H2,1-3H3,(H,23,24). The molecule has 2 fully saturated rings. The first-order valence-corrected chi connectivity index (χ1v) is 12.6. The Kier molecular flexibility index (Phi) is 7.42. The van der Waals surface area contributed by atoms with Gasteiger partial charge in [0.25, 0.3) is 0 Å². The van der Waals surface area contributed by atoms with Crippen molar-refractivity contribution in [3.63, 3.8) is 0 Å². The van der Waals surface area contributed by atoms with E-state index in [-0.39, 0.29) is 11.9 Å². The summed E-state index contributed by atoms with van der Waals surface area (Å²) < 4.78 is 23.8. The largest absolute Gasteiger partial charge is 0.393 e. The minimum absolute atomic E-state index is 0.141. The van der Waals surface area contributed by atoms with Gasteiger partial charge >= 0.3 is 0 Å². The van der Waals surface area contributed by atoms with Gasteiger partial charge in [-0.15, -0.1) is 0 Å². The summed E-state index contributed by atoms with van der Waals surface area (Å²) in [4.78, 5) is 9.22. The summed E-state index contributed by atoms with van der Waals surface area (Å²) in [5, 5.41) is 13.0. The molecule has 0 spiro atoms. The fourth-order valence-electron chi connectivity index (χ4n) is 4.00. The lowest BCUT2D eigenvalue weighted by Crippen LogP contribution is -2.57. The quantitative estimate of drug-likeness (QED) is 0.539. The number of piperidine rings is 1. The molecule has 168 valence electrons. The monoisotopic (exact) mass is 436 g/mol. The molecular weight excluding hydrogens is 400 g/mol. The number of guanidine groups is 1. The number of aliphatic imine (C=N–C) groups is 1. The second kappa shape index (κ2) is 9.66. The van der Waals surface area contributed by atoms with Gasteiger partial charge in [-0.25, -0.2) is 13.4 Å². The van der Waals surface area contributed by atoms with E-state index in [1.807, 2.05) is 6.92 Å². The van der Waals surface area contributed by atoms with Gasteiger partial charge < -0.3 is 15.3 Å². The van der Waals surface area contributed by atoms with Crippen molar-refractivity contribution in [1.29, 1.82) is 0 Å². The normalized spacial score (nSPS) is 22.8. The van der Waals surface area contributed by atoms with Crippen molar-refractivity contribution in [3.05, 3.63) is 35.4 Å². The lowest BCUT2D eigenvalue weighted by atomic mass is 10.1. The first-order valence-electron chi connectivity index (χ1n) is 10.9. The van der Waals surface area contributed by atoms with E-state index < -0.39 is 14.6 Å². The zero-order valence-electron chi connectivity index (χ0n) is 18.5. The van der Waals surface area contributed by atoms with Gasteiger partial charge in [-0.05, 0) is 44.7 Å². The average Bonchev–Trinajstić information content (AvgIpc) is 2.70. The highest BCUT2D eigenvalue weighted by atomic mass is 32.2. The fourth-order valence-corrected chi connectivity index (χ4v) is 5.37. The number of sulfone groups is 1. The Morgan fingerprint density at radius 1 is 1.17 bits per heavy atom. The van der Waals surface area contributed by atoms with E-state index in [2.05, 4.69) is 39.4 Å². The van der Waals surface area contributed by atoms with E-state index in [0.29, 0.717) is 19.6 Å². The van der Waals surface area contributed by atoms with Gasteiger partial charge in [-0.1, -0.05) is 24.3 Å². The summed E-state index contributed by atoms with van der Waals surface area (Å²) in [5.74, 6) is 0.934. The molecule has 8 heteroatoms. The number of likely N-dealkylation sites (tertiary alicyclic amines) is 1. The molecule has 30 heavy (non-hydrogen) atoms. The van der Waals surface area contributed by atoms with Crippen molar-refractivity contribution in [3.8, 4) is 0 Å². The van der Waals surface area contributed by atoms with E-state index in [1.54, 1.807) is 13.8 Å². The maximum Gasteiger partial charge on any atom is 0.194 e. The molecule has 0 unspecified atom stereocenters. The number of aliphatic hydroxyl groups excluding tert-OH is 1. The van der Waals surface area contributed by atoms with Crippen molar-refractivity contribution >= 4 is 15.8 Å². The lowest BCUT2D eigenvalue weighted by molar-refractivity contribution is 0.0792. The third kappa shape index (κ3) is 5.74. The van der Waals surface area contributed by atoms with Gasteiger partial charge in [0.05, 0.1) is 23.1 Å². The van der Waals surface area contributed by atoms with Crippen LogP contribution in [0.5, 0.6) is 0 Å². The van der Waals surface area contributed by atoms with Gasteiger partial charge in [0.15, 0.2) is 15.8 Å². The van der Waals surface area contributed by atoms with Gasteiger partial charge in [0.1, 0.15) is 0 Å². The number of rotatable bonds is 5. The van der Waals surface area contributed by atoms with Crippen LogP contribution in [-0.2, 0) is 22.9 Å². The predicted octanol–water partition coefficient (Wildman–Crippen LogP) is 1.62. The topological polar surface area (TPSA) is 85.2 Å². The summed E-state index contributed by atoms with van der Waals surface area (Å²) in [7, 11) is -3.07. The summed E-state index contributed by atoms with van der Waals surface area (Å²) in [6.07, 6.45) is 1.57. The second-order valence-corrected chi connectivity index (χ2v) is 11.7. The van der Waals surface area contributed by atoms with Crippen LogP contribution < -0.4 is 5.32 Å². The summed E-state index contributed by atoms with van der Waals surface area (Å²) in [5.41, 5.74) is 2.40. The molecule has 2 saturated heterocycles. The number of nitrogens with zero attached hydrogens (tertiary/aromatic N) is 3. The first kappa shape index (κ1) is 23.0. The Balaban J connectivity index is 1.61. The molecule has 0 radical (unpaired) electrons. The van der Waals surface area contributed by atoms with Crippen LogP contribution >= 0.6 is 0 Å². The van der Waals surface area contributed by atoms with E-state index in [0.717, 1.165) is 50.5 Å². The Labute approximate surface area is 181 Å². The van der Waals surface area contributed by atoms with E-state index >= 15 is 0 Å². The van der Waals surface area contributed by atoms with Crippen LogP contribution in [0.15, 0.2) is 29.3 Å². The molecule has 2 aliphatic rings. The number of benzene rings is 1. The molecular formula is C22H36N4O3S. The SMILES string of the molecule is CCNC(=NCc1ccc(CN2CCC(O)CC2)cc1)N1CCS(=O)(=O)C(C)(C)C1. The van der Waals surface area contributed by atoms with Gasteiger partial charge in [-0.2, -0.15) is 0 Å². The van der Waals surface area contributed by atoms with Crippen molar-refractivity contribution in [2.45, 2.75) is 57.6 Å². The zero-order valence-corrected chi connectivity index (χ0v) is 19.3. The van der Waals surface area contributed by atoms with Gasteiger partial charge in [-0.3, -0.25) is 4.90 Å². The molecule has 0 aromatic heterocycles. The van der Waals surface area contributed by atoms with Crippen LogP contribution in [-0.4, -0.2) is 78.6 Å². The molecule has 2 N–H and O–H groups in total. The molecule has 3 rings (SSSR count). The molecule has 0 atom stereocenters. The zero-order chi connectivity index (χ0) is 21.8. The minimum Gasteiger partial charge on any atom is -0.393 e. The van der Waals surface area contributed by atoms with E-state index in [1.165, 1.54) is 5.56 Å². The second-order valence-electron chi connectivity index (χ2n) is 8.99. The van der Waals surface area contributed by atoms with Crippen LogP contribution in [0.4, 0.5) is 0 Å². The van der Waals surface area contributed by atoms with Crippen LogP contribution in [0.3, 0.4) is 0 Å². The van der Waals surface area contributed by atoms with Crippen molar-refractivity contribution in [2.24, 2.45) is 4.99 Å². The molecule has 0 saturated carbocycles. The summed E-state index contributed by atoms with van der Waals surface area (Å²) in [6.45, 7) is 10.6. The van der Waals surface area contributed by atoms with Crippen LogP contribution in [0.1, 0.15) is 44.7 Å².